The third-order valence-electron chi connectivity index (χ3n) is 2.90. The van der Waals surface area contributed by atoms with Gasteiger partial charge in [0.2, 0.25) is 0 Å². The number of nitrogens with zero attached hydrogens (tertiary/aromatic N) is 2. The number of carbonyl (C=O) groups excluding carboxylic acids is 2. The van der Waals surface area contributed by atoms with Crippen molar-refractivity contribution in [2.24, 2.45) is 11.7 Å². The smallest absolute Gasteiger partial charge is 0.342 e. The minimum absolute atomic E-state index is 0.145. The van der Waals surface area contributed by atoms with Crippen molar-refractivity contribution in [3.63, 3.8) is 0 Å². The van der Waals surface area contributed by atoms with Gasteiger partial charge in [0.1, 0.15) is 11.3 Å². The van der Waals surface area contributed by atoms with E-state index in [1.807, 2.05) is 13.8 Å². The van der Waals surface area contributed by atoms with E-state index in [0.717, 1.165) is 0 Å². The Hall–Kier alpha value is -2.90. The SMILES string of the molecule is CC(C)Cc1noc(COC(=O)c2ccccc2OCC(N)=O)n1. The van der Waals surface area contributed by atoms with Gasteiger partial charge in [0.05, 0.1) is 0 Å². The number of nitrogens with two attached hydrogens (primary N) is 1. The van der Waals surface area contributed by atoms with Crippen molar-refractivity contribution in [1.29, 1.82) is 0 Å². The maximum atomic E-state index is 12.2. The number of para-hydroxylation sites is 1. The van der Waals surface area contributed by atoms with Crippen LogP contribution in [0.5, 0.6) is 5.75 Å². The Bertz CT molecular complexity index is 711. The zero-order valence-electron chi connectivity index (χ0n) is 13.5. The molecule has 1 amide bonds. The predicted octanol–water partition coefficient (Wildman–Crippen LogP) is 1.49. The van der Waals surface area contributed by atoms with Gasteiger partial charge < -0.3 is 19.7 Å². The summed E-state index contributed by atoms with van der Waals surface area (Å²) in [6.45, 7) is 3.61. The molecule has 0 atom stereocenters. The van der Waals surface area contributed by atoms with Crippen molar-refractivity contribution < 1.29 is 23.6 Å². The minimum atomic E-state index is -0.637. The lowest BCUT2D eigenvalue weighted by Gasteiger charge is -2.09. The molecule has 0 radical (unpaired) electrons. The molecule has 0 aliphatic carbocycles. The fraction of sp³-hybridized carbons (Fsp3) is 0.375. The molecule has 2 rings (SSSR count). The first kappa shape index (κ1) is 17.5. The summed E-state index contributed by atoms with van der Waals surface area (Å²) in [4.78, 5) is 27.1. The zero-order chi connectivity index (χ0) is 17.5. The predicted molar refractivity (Wildman–Crippen MR) is 83.1 cm³/mol. The summed E-state index contributed by atoms with van der Waals surface area (Å²) in [7, 11) is 0. The number of esters is 1. The van der Waals surface area contributed by atoms with Gasteiger partial charge >= 0.3 is 5.97 Å². The molecule has 0 spiro atoms. The highest BCUT2D eigenvalue weighted by Crippen LogP contribution is 2.19. The van der Waals surface area contributed by atoms with Crippen LogP contribution in [-0.4, -0.2) is 28.6 Å². The van der Waals surface area contributed by atoms with Crippen LogP contribution in [0.1, 0.15) is 35.9 Å². The van der Waals surface area contributed by atoms with E-state index >= 15 is 0 Å². The molecule has 0 saturated carbocycles. The Kier molecular flexibility index (Phi) is 5.89. The number of hydrogen-bond donors (Lipinski definition) is 1. The molecule has 0 aliphatic rings. The lowest BCUT2D eigenvalue weighted by atomic mass is 10.1. The molecule has 2 N–H and O–H groups in total. The van der Waals surface area contributed by atoms with E-state index in [-0.39, 0.29) is 30.4 Å². The highest BCUT2D eigenvalue weighted by atomic mass is 16.6. The molecule has 8 nitrogen and oxygen atoms in total. The fourth-order valence-electron chi connectivity index (χ4n) is 1.91. The molecule has 1 aromatic heterocycles. The summed E-state index contributed by atoms with van der Waals surface area (Å²) >= 11 is 0. The minimum Gasteiger partial charge on any atom is -0.483 e. The van der Waals surface area contributed by atoms with E-state index in [1.54, 1.807) is 18.2 Å². The molecule has 1 aromatic carbocycles. The number of amides is 1. The van der Waals surface area contributed by atoms with Crippen LogP contribution in [-0.2, 0) is 22.6 Å². The molecular formula is C16H19N3O5. The molecule has 8 heteroatoms. The van der Waals surface area contributed by atoms with Crippen molar-refractivity contribution in [3.8, 4) is 5.75 Å². The van der Waals surface area contributed by atoms with Crippen LogP contribution in [0, 0.1) is 5.92 Å². The maximum Gasteiger partial charge on any atom is 0.342 e. The second-order valence-electron chi connectivity index (χ2n) is 5.53. The third-order valence-corrected chi connectivity index (χ3v) is 2.90. The summed E-state index contributed by atoms with van der Waals surface area (Å²) in [5.41, 5.74) is 5.21. The largest absolute Gasteiger partial charge is 0.483 e. The van der Waals surface area contributed by atoms with Crippen molar-refractivity contribution in [1.82, 2.24) is 10.1 Å². The lowest BCUT2D eigenvalue weighted by Crippen LogP contribution is -2.21. The van der Waals surface area contributed by atoms with E-state index in [1.165, 1.54) is 6.07 Å². The first-order valence-corrected chi connectivity index (χ1v) is 7.44. The number of benzene rings is 1. The number of aromatic nitrogens is 2. The van der Waals surface area contributed by atoms with Crippen molar-refractivity contribution in [3.05, 3.63) is 41.5 Å². The number of carbonyl (C=O) groups is 2. The highest BCUT2D eigenvalue weighted by molar-refractivity contribution is 5.92. The number of ether oxygens (including phenoxy) is 2. The molecule has 0 unspecified atom stereocenters. The number of rotatable bonds is 8. The third kappa shape index (κ3) is 5.08. The number of primary amides is 1. The summed E-state index contributed by atoms with van der Waals surface area (Å²) in [5, 5.41) is 3.82. The molecular weight excluding hydrogens is 314 g/mol. The Morgan fingerprint density at radius 3 is 2.75 bits per heavy atom. The van der Waals surface area contributed by atoms with Gasteiger partial charge in [-0.1, -0.05) is 31.1 Å². The van der Waals surface area contributed by atoms with E-state index in [0.29, 0.717) is 18.2 Å². The van der Waals surface area contributed by atoms with Gasteiger partial charge in [-0.15, -0.1) is 0 Å². The van der Waals surface area contributed by atoms with Crippen LogP contribution in [0.15, 0.2) is 28.8 Å². The Morgan fingerprint density at radius 1 is 1.29 bits per heavy atom. The van der Waals surface area contributed by atoms with Gasteiger partial charge in [-0.25, -0.2) is 4.79 Å². The first-order valence-electron chi connectivity index (χ1n) is 7.44. The summed E-state index contributed by atoms with van der Waals surface area (Å²) in [6.07, 6.45) is 0.682. The van der Waals surface area contributed by atoms with E-state index in [9.17, 15) is 9.59 Å². The summed E-state index contributed by atoms with van der Waals surface area (Å²) in [5.74, 6) is 0.135. The van der Waals surface area contributed by atoms with Crippen molar-refractivity contribution in [2.45, 2.75) is 26.9 Å². The first-order chi connectivity index (χ1) is 11.5. The molecule has 0 bridgehead atoms. The monoisotopic (exact) mass is 333 g/mol. The fourth-order valence-corrected chi connectivity index (χ4v) is 1.91. The van der Waals surface area contributed by atoms with E-state index < -0.39 is 11.9 Å². The molecule has 0 fully saturated rings. The molecule has 1 heterocycles. The average molecular weight is 333 g/mol. The quantitative estimate of drug-likeness (QED) is 0.727. The van der Waals surface area contributed by atoms with Gasteiger partial charge in [0, 0.05) is 6.42 Å². The molecule has 2 aromatic rings. The van der Waals surface area contributed by atoms with Crippen molar-refractivity contribution >= 4 is 11.9 Å². The Balaban J connectivity index is 1.97. The topological polar surface area (TPSA) is 118 Å². The summed E-state index contributed by atoms with van der Waals surface area (Å²) < 4.78 is 15.4. The lowest BCUT2D eigenvalue weighted by molar-refractivity contribution is -0.119. The molecule has 24 heavy (non-hydrogen) atoms. The second-order valence-corrected chi connectivity index (χ2v) is 5.53. The van der Waals surface area contributed by atoms with E-state index in [4.69, 9.17) is 19.7 Å². The normalized spacial score (nSPS) is 10.6. The van der Waals surface area contributed by atoms with Crippen LogP contribution >= 0.6 is 0 Å². The van der Waals surface area contributed by atoms with Crippen molar-refractivity contribution in [2.75, 3.05) is 6.61 Å². The summed E-state index contributed by atoms with van der Waals surface area (Å²) in [6, 6.07) is 6.40. The van der Waals surface area contributed by atoms with Crippen LogP contribution in [0.2, 0.25) is 0 Å². The molecule has 0 aliphatic heterocycles. The molecule has 0 saturated heterocycles. The van der Waals surface area contributed by atoms with Crippen LogP contribution in [0.25, 0.3) is 0 Å². The van der Waals surface area contributed by atoms with Gasteiger partial charge in [0.25, 0.3) is 11.8 Å². The number of hydrogen-bond acceptors (Lipinski definition) is 7. The van der Waals surface area contributed by atoms with Crippen LogP contribution in [0.3, 0.4) is 0 Å². The van der Waals surface area contributed by atoms with Gasteiger partial charge in [-0.3, -0.25) is 4.79 Å². The Morgan fingerprint density at radius 2 is 2.04 bits per heavy atom. The standard InChI is InChI=1S/C16H19N3O5/c1-10(2)7-14-18-15(24-19-14)9-23-16(21)11-5-3-4-6-12(11)22-8-13(17)20/h3-6,10H,7-9H2,1-2H3,(H2,17,20). The van der Waals surface area contributed by atoms with Crippen LogP contribution < -0.4 is 10.5 Å². The zero-order valence-corrected chi connectivity index (χ0v) is 13.5. The second kappa shape index (κ2) is 8.09. The highest BCUT2D eigenvalue weighted by Gasteiger charge is 2.16. The van der Waals surface area contributed by atoms with Gasteiger partial charge in [-0.05, 0) is 18.1 Å². The average Bonchev–Trinajstić information content (AvgIpc) is 2.97. The van der Waals surface area contributed by atoms with Crippen LogP contribution in [0.4, 0.5) is 0 Å². The Labute approximate surface area is 138 Å². The van der Waals surface area contributed by atoms with Gasteiger partial charge in [0.15, 0.2) is 19.0 Å². The maximum absolute atomic E-state index is 12.2. The van der Waals surface area contributed by atoms with Gasteiger partial charge in [-0.2, -0.15) is 4.98 Å². The van der Waals surface area contributed by atoms with E-state index in [2.05, 4.69) is 10.1 Å². The molecule has 128 valence electrons.